The van der Waals surface area contributed by atoms with Crippen LogP contribution in [0.5, 0.6) is 0 Å². The molecule has 0 amide bonds. The molecule has 16 heavy (non-hydrogen) atoms. The van der Waals surface area contributed by atoms with Gasteiger partial charge in [-0.2, -0.15) is 0 Å². The van der Waals surface area contributed by atoms with E-state index < -0.39 is 5.60 Å². The Morgan fingerprint density at radius 2 is 1.75 bits per heavy atom. The molecule has 0 spiro atoms. The van der Waals surface area contributed by atoms with E-state index in [9.17, 15) is 5.11 Å². The van der Waals surface area contributed by atoms with Gasteiger partial charge in [-0.15, -0.1) is 0 Å². The number of aryl methyl sites for hydroxylation is 2. The van der Waals surface area contributed by atoms with E-state index in [0.29, 0.717) is 13.0 Å². The lowest BCUT2D eigenvalue weighted by Gasteiger charge is -2.24. The summed E-state index contributed by atoms with van der Waals surface area (Å²) in [7, 11) is 0. The van der Waals surface area contributed by atoms with Gasteiger partial charge in [0.2, 0.25) is 0 Å². The lowest BCUT2D eigenvalue weighted by atomic mass is 9.94. The van der Waals surface area contributed by atoms with Crippen LogP contribution in [0.1, 0.15) is 30.5 Å². The van der Waals surface area contributed by atoms with Crippen molar-refractivity contribution in [2.24, 2.45) is 0 Å². The van der Waals surface area contributed by atoms with E-state index in [0.717, 1.165) is 6.54 Å². The van der Waals surface area contributed by atoms with Crippen molar-refractivity contribution in [1.29, 1.82) is 0 Å². The quantitative estimate of drug-likeness (QED) is 0.799. The van der Waals surface area contributed by atoms with Crippen LogP contribution in [0, 0.1) is 13.8 Å². The summed E-state index contributed by atoms with van der Waals surface area (Å²) in [4.78, 5) is 0. The Balaban J connectivity index is 2.71. The normalized spacial score (nSPS) is 14.8. The Labute approximate surface area is 98.7 Å². The molecule has 0 aliphatic heterocycles. The summed E-state index contributed by atoms with van der Waals surface area (Å²) in [6, 6.07) is 6.45. The Bertz CT molecular complexity index is 324. The van der Waals surface area contributed by atoms with E-state index in [-0.39, 0.29) is 0 Å². The Morgan fingerprint density at radius 3 is 2.25 bits per heavy atom. The molecule has 0 aliphatic carbocycles. The van der Waals surface area contributed by atoms with Crippen LogP contribution in [0.4, 0.5) is 0 Å². The van der Waals surface area contributed by atoms with Gasteiger partial charge in [-0.25, -0.2) is 0 Å². The van der Waals surface area contributed by atoms with E-state index in [1.165, 1.54) is 16.7 Å². The molecule has 1 rings (SSSR count). The largest absolute Gasteiger partial charge is 0.389 e. The van der Waals surface area contributed by atoms with E-state index in [1.54, 1.807) is 0 Å². The van der Waals surface area contributed by atoms with Crippen LogP contribution in [0.15, 0.2) is 18.2 Å². The SMILES string of the molecule is CCNCC(C)(O)Cc1cc(C)cc(C)c1. The smallest absolute Gasteiger partial charge is 0.0783 e. The van der Waals surface area contributed by atoms with Crippen molar-refractivity contribution in [2.45, 2.75) is 39.7 Å². The molecule has 0 aliphatic rings. The predicted molar refractivity (Wildman–Crippen MR) is 68.8 cm³/mol. The third-order valence-corrected chi connectivity index (χ3v) is 2.62. The average molecular weight is 221 g/mol. The molecule has 0 saturated carbocycles. The van der Waals surface area contributed by atoms with Crippen molar-refractivity contribution in [3.05, 3.63) is 34.9 Å². The molecule has 0 heterocycles. The van der Waals surface area contributed by atoms with Gasteiger partial charge in [-0.3, -0.25) is 0 Å². The number of rotatable bonds is 5. The van der Waals surface area contributed by atoms with Crippen LogP contribution in [0.2, 0.25) is 0 Å². The van der Waals surface area contributed by atoms with Crippen LogP contribution >= 0.6 is 0 Å². The average Bonchev–Trinajstić information content (AvgIpc) is 2.12. The third kappa shape index (κ3) is 4.33. The Morgan fingerprint density at radius 1 is 1.19 bits per heavy atom. The monoisotopic (exact) mass is 221 g/mol. The van der Waals surface area contributed by atoms with Crippen LogP contribution in [-0.4, -0.2) is 23.8 Å². The summed E-state index contributed by atoms with van der Waals surface area (Å²) >= 11 is 0. The van der Waals surface area contributed by atoms with Gasteiger partial charge in [0.25, 0.3) is 0 Å². The fraction of sp³-hybridized carbons (Fsp3) is 0.571. The summed E-state index contributed by atoms with van der Waals surface area (Å²) in [6.45, 7) is 9.64. The topological polar surface area (TPSA) is 32.3 Å². The molecule has 0 aromatic heterocycles. The lowest BCUT2D eigenvalue weighted by Crippen LogP contribution is -2.39. The second kappa shape index (κ2) is 5.46. The first-order chi connectivity index (χ1) is 7.43. The van der Waals surface area contributed by atoms with Gasteiger partial charge in [-0.05, 0) is 32.9 Å². The lowest BCUT2D eigenvalue weighted by molar-refractivity contribution is 0.0607. The van der Waals surface area contributed by atoms with Gasteiger partial charge >= 0.3 is 0 Å². The fourth-order valence-corrected chi connectivity index (χ4v) is 2.07. The van der Waals surface area contributed by atoms with Gasteiger partial charge in [0, 0.05) is 13.0 Å². The molecule has 1 atom stereocenters. The zero-order valence-electron chi connectivity index (χ0n) is 10.8. The summed E-state index contributed by atoms with van der Waals surface area (Å²) in [5.41, 5.74) is 3.06. The zero-order valence-corrected chi connectivity index (χ0v) is 10.8. The highest BCUT2D eigenvalue weighted by Gasteiger charge is 2.20. The van der Waals surface area contributed by atoms with E-state index >= 15 is 0 Å². The Kier molecular flexibility index (Phi) is 4.51. The second-order valence-electron chi connectivity index (χ2n) is 4.95. The first kappa shape index (κ1) is 13.2. The first-order valence-corrected chi connectivity index (χ1v) is 5.93. The molecule has 0 bridgehead atoms. The van der Waals surface area contributed by atoms with Gasteiger partial charge < -0.3 is 10.4 Å². The van der Waals surface area contributed by atoms with Crippen molar-refractivity contribution >= 4 is 0 Å². The van der Waals surface area contributed by atoms with Crippen LogP contribution in [-0.2, 0) is 6.42 Å². The van der Waals surface area contributed by atoms with Gasteiger partial charge in [-0.1, -0.05) is 36.2 Å². The maximum atomic E-state index is 10.2. The molecular weight excluding hydrogens is 198 g/mol. The molecule has 90 valence electrons. The molecule has 2 N–H and O–H groups in total. The van der Waals surface area contributed by atoms with Gasteiger partial charge in [0.05, 0.1) is 5.60 Å². The second-order valence-corrected chi connectivity index (χ2v) is 4.95. The minimum absolute atomic E-state index is 0.635. The molecule has 0 fully saturated rings. The predicted octanol–water partition coefficient (Wildman–Crippen LogP) is 2.21. The molecule has 2 nitrogen and oxygen atoms in total. The summed E-state index contributed by atoms with van der Waals surface area (Å²) < 4.78 is 0. The van der Waals surface area contributed by atoms with Crippen molar-refractivity contribution in [1.82, 2.24) is 5.32 Å². The summed E-state index contributed by atoms with van der Waals surface area (Å²) in [5, 5.41) is 13.4. The standard InChI is InChI=1S/C14H23NO/c1-5-15-10-14(4,16)9-13-7-11(2)6-12(3)8-13/h6-8,15-16H,5,9-10H2,1-4H3. The minimum atomic E-state index is -0.670. The van der Waals surface area contributed by atoms with Crippen molar-refractivity contribution in [3.63, 3.8) is 0 Å². The maximum Gasteiger partial charge on any atom is 0.0783 e. The number of nitrogens with one attached hydrogen (secondary N) is 1. The number of hydrogen-bond donors (Lipinski definition) is 2. The van der Waals surface area contributed by atoms with Crippen molar-refractivity contribution in [3.8, 4) is 0 Å². The molecule has 0 saturated heterocycles. The van der Waals surface area contributed by atoms with Crippen molar-refractivity contribution < 1.29 is 5.11 Å². The number of aliphatic hydroxyl groups is 1. The van der Waals surface area contributed by atoms with E-state index in [1.807, 2.05) is 13.8 Å². The van der Waals surface area contributed by atoms with Crippen LogP contribution in [0.3, 0.4) is 0 Å². The number of likely N-dealkylation sites (N-methyl/N-ethyl adjacent to an activating group) is 1. The molecule has 1 aromatic carbocycles. The molecule has 2 heteroatoms. The molecule has 0 radical (unpaired) electrons. The number of hydrogen-bond acceptors (Lipinski definition) is 2. The zero-order chi connectivity index (χ0) is 12.2. The van der Waals surface area contributed by atoms with E-state index in [4.69, 9.17) is 0 Å². The third-order valence-electron chi connectivity index (χ3n) is 2.62. The first-order valence-electron chi connectivity index (χ1n) is 5.93. The summed E-state index contributed by atoms with van der Waals surface area (Å²) in [5.74, 6) is 0. The maximum absolute atomic E-state index is 10.2. The Hall–Kier alpha value is -0.860. The van der Waals surface area contributed by atoms with Crippen LogP contribution < -0.4 is 5.32 Å². The van der Waals surface area contributed by atoms with Crippen molar-refractivity contribution in [2.75, 3.05) is 13.1 Å². The highest BCUT2D eigenvalue weighted by Crippen LogP contribution is 2.15. The van der Waals surface area contributed by atoms with E-state index in [2.05, 4.69) is 37.4 Å². The highest BCUT2D eigenvalue weighted by atomic mass is 16.3. The van der Waals surface area contributed by atoms with Crippen LogP contribution in [0.25, 0.3) is 0 Å². The van der Waals surface area contributed by atoms with Gasteiger partial charge in [0.15, 0.2) is 0 Å². The van der Waals surface area contributed by atoms with Gasteiger partial charge in [0.1, 0.15) is 0 Å². The molecule has 1 unspecified atom stereocenters. The molecule has 1 aromatic rings. The fourth-order valence-electron chi connectivity index (χ4n) is 2.07. The molecular formula is C14H23NO. The minimum Gasteiger partial charge on any atom is -0.389 e. The summed E-state index contributed by atoms with van der Waals surface area (Å²) in [6.07, 6.45) is 0.697. The number of benzene rings is 1. The highest BCUT2D eigenvalue weighted by molar-refractivity contribution is 5.29.